The van der Waals surface area contributed by atoms with Gasteiger partial charge < -0.3 is 10.1 Å². The topological polar surface area (TPSA) is 116 Å². The second-order valence-corrected chi connectivity index (χ2v) is 5.36. The average Bonchev–Trinajstić information content (AvgIpc) is 2.65. The van der Waals surface area contributed by atoms with E-state index < -0.39 is 29.1 Å². The molecule has 8 heteroatoms. The Labute approximate surface area is 148 Å². The predicted octanol–water partition coefficient (Wildman–Crippen LogP) is 1.57. The van der Waals surface area contributed by atoms with Gasteiger partial charge in [0.05, 0.1) is 4.92 Å². The molecule has 0 unspecified atom stereocenters. The third kappa shape index (κ3) is 5.82. The zero-order chi connectivity index (χ0) is 18.9. The summed E-state index contributed by atoms with van der Waals surface area (Å²) < 4.78 is 4.98. The van der Waals surface area contributed by atoms with Crippen LogP contribution in [0.2, 0.25) is 0 Å². The van der Waals surface area contributed by atoms with Gasteiger partial charge in [-0.3, -0.25) is 24.5 Å². The Bertz CT molecular complexity index is 819. The summed E-state index contributed by atoms with van der Waals surface area (Å²) >= 11 is 0. The Morgan fingerprint density at radius 3 is 2.38 bits per heavy atom. The first-order valence-electron chi connectivity index (χ1n) is 7.69. The molecule has 0 fully saturated rings. The molecule has 0 aliphatic carbocycles. The predicted molar refractivity (Wildman–Crippen MR) is 91.1 cm³/mol. The summed E-state index contributed by atoms with van der Waals surface area (Å²) in [6, 6.07) is 14.5. The number of amides is 1. The molecule has 0 aromatic heterocycles. The molecule has 2 aromatic rings. The molecule has 26 heavy (non-hydrogen) atoms. The van der Waals surface area contributed by atoms with Crippen LogP contribution in [0.5, 0.6) is 0 Å². The summed E-state index contributed by atoms with van der Waals surface area (Å²) in [6.07, 6.45) is -0.299. The molecule has 0 saturated heterocycles. The Hall–Kier alpha value is -3.55. The average molecular weight is 356 g/mol. The van der Waals surface area contributed by atoms with Crippen LogP contribution in [0.15, 0.2) is 54.6 Å². The zero-order valence-electron chi connectivity index (χ0n) is 13.7. The summed E-state index contributed by atoms with van der Waals surface area (Å²) in [5.41, 5.74) is 0.972. The van der Waals surface area contributed by atoms with Gasteiger partial charge in [0.1, 0.15) is 13.2 Å². The first kappa shape index (κ1) is 18.8. The fourth-order valence-electron chi connectivity index (χ4n) is 2.09. The van der Waals surface area contributed by atoms with Crippen LogP contribution < -0.4 is 5.32 Å². The SMILES string of the molecule is O=C(CNC(=O)C(=O)Cc1cccc([N+](=O)[O-])c1)OCc1ccccc1. The van der Waals surface area contributed by atoms with Crippen LogP contribution in [0.4, 0.5) is 5.69 Å². The lowest BCUT2D eigenvalue weighted by molar-refractivity contribution is -0.384. The van der Waals surface area contributed by atoms with E-state index in [1.807, 2.05) is 6.07 Å². The largest absolute Gasteiger partial charge is 0.460 e. The van der Waals surface area contributed by atoms with Gasteiger partial charge in [-0.15, -0.1) is 0 Å². The maximum atomic E-state index is 11.9. The highest BCUT2D eigenvalue weighted by molar-refractivity contribution is 6.36. The van der Waals surface area contributed by atoms with E-state index in [4.69, 9.17) is 4.74 Å². The summed E-state index contributed by atoms with van der Waals surface area (Å²) in [6.45, 7) is -0.372. The zero-order valence-corrected chi connectivity index (χ0v) is 13.7. The highest BCUT2D eigenvalue weighted by Gasteiger charge is 2.17. The number of rotatable bonds is 8. The highest BCUT2D eigenvalue weighted by atomic mass is 16.6. The van der Waals surface area contributed by atoms with E-state index in [9.17, 15) is 24.5 Å². The van der Waals surface area contributed by atoms with E-state index in [0.29, 0.717) is 5.56 Å². The number of non-ortho nitro benzene ring substituents is 1. The number of nitro benzene ring substituents is 1. The number of nitrogens with zero attached hydrogens (tertiary/aromatic N) is 1. The van der Waals surface area contributed by atoms with Gasteiger partial charge in [-0.25, -0.2) is 0 Å². The van der Waals surface area contributed by atoms with Gasteiger partial charge in [-0.05, 0) is 11.1 Å². The van der Waals surface area contributed by atoms with Crippen LogP contribution in [-0.2, 0) is 32.1 Å². The summed E-state index contributed by atoms with van der Waals surface area (Å²) in [5.74, 6) is -2.43. The van der Waals surface area contributed by atoms with Crippen molar-refractivity contribution in [2.24, 2.45) is 0 Å². The Morgan fingerprint density at radius 1 is 1.00 bits per heavy atom. The van der Waals surface area contributed by atoms with Crippen molar-refractivity contribution < 1.29 is 24.0 Å². The van der Waals surface area contributed by atoms with Gasteiger partial charge in [0, 0.05) is 18.6 Å². The molecular weight excluding hydrogens is 340 g/mol. The number of carbonyl (C=O) groups is 3. The van der Waals surface area contributed by atoms with Crippen molar-refractivity contribution >= 4 is 23.3 Å². The van der Waals surface area contributed by atoms with Crippen LogP contribution in [0, 0.1) is 10.1 Å². The van der Waals surface area contributed by atoms with Crippen molar-refractivity contribution in [3.63, 3.8) is 0 Å². The normalized spacial score (nSPS) is 10.0. The van der Waals surface area contributed by atoms with Crippen LogP contribution in [0.3, 0.4) is 0 Å². The van der Waals surface area contributed by atoms with Gasteiger partial charge in [0.15, 0.2) is 0 Å². The molecule has 0 heterocycles. The molecular formula is C18H16N2O6. The third-order valence-electron chi connectivity index (χ3n) is 3.38. The number of nitrogens with one attached hydrogen (secondary N) is 1. The van der Waals surface area contributed by atoms with E-state index in [-0.39, 0.29) is 18.7 Å². The van der Waals surface area contributed by atoms with Crippen molar-refractivity contribution in [1.82, 2.24) is 5.32 Å². The van der Waals surface area contributed by atoms with E-state index in [2.05, 4.69) is 5.32 Å². The summed E-state index contributed by atoms with van der Waals surface area (Å²) in [4.78, 5) is 45.3. The number of benzene rings is 2. The lowest BCUT2D eigenvalue weighted by Gasteiger charge is -2.06. The molecule has 0 bridgehead atoms. The first-order chi connectivity index (χ1) is 12.5. The molecule has 0 atom stereocenters. The van der Waals surface area contributed by atoms with Crippen molar-refractivity contribution in [3.8, 4) is 0 Å². The monoisotopic (exact) mass is 356 g/mol. The molecule has 0 aliphatic rings. The number of carbonyl (C=O) groups excluding carboxylic acids is 3. The smallest absolute Gasteiger partial charge is 0.325 e. The summed E-state index contributed by atoms with van der Waals surface area (Å²) in [7, 11) is 0. The van der Waals surface area contributed by atoms with E-state index >= 15 is 0 Å². The van der Waals surface area contributed by atoms with Crippen LogP contribution >= 0.6 is 0 Å². The van der Waals surface area contributed by atoms with Crippen molar-refractivity contribution in [1.29, 1.82) is 0 Å². The van der Waals surface area contributed by atoms with Gasteiger partial charge >= 0.3 is 5.97 Å². The summed E-state index contributed by atoms with van der Waals surface area (Å²) in [5, 5.41) is 12.9. The lowest BCUT2D eigenvalue weighted by atomic mass is 10.1. The molecule has 0 aliphatic heterocycles. The number of Topliss-reactive ketones (excluding diaryl/α,β-unsaturated/α-hetero) is 1. The number of ether oxygens (including phenoxy) is 1. The standard InChI is InChI=1S/C18H16N2O6/c21-16(10-14-7-4-8-15(9-14)20(24)25)18(23)19-11-17(22)26-12-13-5-2-1-3-6-13/h1-9H,10-12H2,(H,19,23). The second-order valence-electron chi connectivity index (χ2n) is 5.36. The molecule has 2 aromatic carbocycles. The molecule has 134 valence electrons. The van der Waals surface area contributed by atoms with Gasteiger partial charge in [-0.2, -0.15) is 0 Å². The maximum absolute atomic E-state index is 11.9. The molecule has 1 amide bonds. The maximum Gasteiger partial charge on any atom is 0.325 e. The number of hydrogen-bond donors (Lipinski definition) is 1. The van der Waals surface area contributed by atoms with E-state index in [0.717, 1.165) is 5.56 Å². The van der Waals surface area contributed by atoms with Gasteiger partial charge in [0.2, 0.25) is 5.78 Å². The van der Waals surface area contributed by atoms with Crippen molar-refractivity contribution in [3.05, 3.63) is 75.8 Å². The molecule has 2 rings (SSSR count). The second kappa shape index (κ2) is 9.07. The fourth-order valence-corrected chi connectivity index (χ4v) is 2.09. The highest BCUT2D eigenvalue weighted by Crippen LogP contribution is 2.13. The Balaban J connectivity index is 1.78. The third-order valence-corrected chi connectivity index (χ3v) is 3.38. The van der Waals surface area contributed by atoms with Gasteiger partial charge in [0.25, 0.3) is 11.6 Å². The number of hydrogen-bond acceptors (Lipinski definition) is 6. The minimum absolute atomic E-state index is 0.0666. The lowest BCUT2D eigenvalue weighted by Crippen LogP contribution is -2.36. The van der Waals surface area contributed by atoms with Crippen LogP contribution in [0.1, 0.15) is 11.1 Å². The molecule has 1 N–H and O–H groups in total. The van der Waals surface area contributed by atoms with Crippen LogP contribution in [-0.4, -0.2) is 29.1 Å². The quantitative estimate of drug-likeness (QED) is 0.332. The molecule has 8 nitrogen and oxygen atoms in total. The van der Waals surface area contributed by atoms with Crippen molar-refractivity contribution in [2.45, 2.75) is 13.0 Å². The van der Waals surface area contributed by atoms with E-state index in [1.54, 1.807) is 24.3 Å². The van der Waals surface area contributed by atoms with Crippen LogP contribution in [0.25, 0.3) is 0 Å². The molecule has 0 spiro atoms. The van der Waals surface area contributed by atoms with Gasteiger partial charge in [-0.1, -0.05) is 42.5 Å². The Kier molecular flexibility index (Phi) is 6.55. The number of esters is 1. The van der Waals surface area contributed by atoms with E-state index in [1.165, 1.54) is 24.3 Å². The first-order valence-corrected chi connectivity index (χ1v) is 7.69. The molecule has 0 radical (unpaired) electrons. The Morgan fingerprint density at radius 2 is 1.69 bits per heavy atom. The number of nitro groups is 1. The number of ketones is 1. The minimum Gasteiger partial charge on any atom is -0.460 e. The fraction of sp³-hybridized carbons (Fsp3) is 0.167. The van der Waals surface area contributed by atoms with Crippen molar-refractivity contribution in [2.75, 3.05) is 6.54 Å². The molecule has 0 saturated carbocycles. The minimum atomic E-state index is -0.951.